The zero-order valence-electron chi connectivity index (χ0n) is 10.7. The fourth-order valence-electron chi connectivity index (χ4n) is 1.55. The van der Waals surface area contributed by atoms with Gasteiger partial charge in [0, 0.05) is 29.9 Å². The number of rotatable bonds is 4. The van der Waals surface area contributed by atoms with Gasteiger partial charge in [0.2, 0.25) is 17.7 Å². The van der Waals surface area contributed by atoms with Gasteiger partial charge in [0.25, 0.3) is 0 Å². The van der Waals surface area contributed by atoms with Crippen LogP contribution < -0.4 is 5.32 Å². The zero-order valence-corrected chi connectivity index (χ0v) is 12.3. The summed E-state index contributed by atoms with van der Waals surface area (Å²) in [4.78, 5) is 11.8. The summed E-state index contributed by atoms with van der Waals surface area (Å²) in [6, 6.07) is 5.69. The van der Waals surface area contributed by atoms with Gasteiger partial charge in [-0.15, -0.1) is 10.2 Å². The Morgan fingerprint density at radius 3 is 2.79 bits per heavy atom. The van der Waals surface area contributed by atoms with Gasteiger partial charge in [-0.2, -0.15) is 0 Å². The van der Waals surface area contributed by atoms with Crippen molar-refractivity contribution in [1.29, 1.82) is 0 Å². The maximum absolute atomic E-state index is 11.8. The van der Waals surface area contributed by atoms with E-state index < -0.39 is 0 Å². The summed E-state index contributed by atoms with van der Waals surface area (Å²) in [6.07, 6.45) is 0.757. The molecule has 0 fully saturated rings. The monoisotopic (exact) mass is 323 g/mol. The molecule has 0 radical (unpaired) electrons. The van der Waals surface area contributed by atoms with Gasteiger partial charge in [0.1, 0.15) is 0 Å². The minimum absolute atomic E-state index is 0.0772. The molecule has 2 aromatic rings. The summed E-state index contributed by atoms with van der Waals surface area (Å²) in [5, 5.41) is 10.4. The van der Waals surface area contributed by atoms with Crippen LogP contribution in [0.1, 0.15) is 23.8 Å². The summed E-state index contributed by atoms with van der Waals surface area (Å²) in [5.41, 5.74) is 1.89. The van der Waals surface area contributed by atoms with E-state index in [1.54, 1.807) is 6.92 Å². The van der Waals surface area contributed by atoms with E-state index in [9.17, 15) is 4.79 Å². The molecule has 0 aliphatic carbocycles. The number of carbonyl (C=O) groups is 1. The van der Waals surface area contributed by atoms with Gasteiger partial charge in [0.15, 0.2) is 0 Å². The Morgan fingerprint density at radius 2 is 2.16 bits per heavy atom. The number of nitrogens with zero attached hydrogens (tertiary/aromatic N) is 2. The number of halogens is 1. The number of nitrogens with one attached hydrogen (secondary N) is 1. The summed E-state index contributed by atoms with van der Waals surface area (Å²) >= 11 is 3.43. The van der Waals surface area contributed by atoms with E-state index >= 15 is 0 Å². The van der Waals surface area contributed by atoms with Crippen LogP contribution in [0.15, 0.2) is 27.1 Å². The molecule has 19 heavy (non-hydrogen) atoms. The molecule has 0 spiro atoms. The summed E-state index contributed by atoms with van der Waals surface area (Å²) in [6.45, 7) is 3.72. The Balaban J connectivity index is 1.88. The lowest BCUT2D eigenvalue weighted by Gasteiger charge is -2.06. The first-order valence-electron chi connectivity index (χ1n) is 5.89. The number of aryl methyl sites for hydroxylation is 3. The van der Waals surface area contributed by atoms with Crippen LogP contribution in [0, 0.1) is 13.8 Å². The first kappa shape index (κ1) is 13.7. The molecule has 1 heterocycles. The maximum Gasteiger partial charge on any atom is 0.224 e. The summed E-state index contributed by atoms with van der Waals surface area (Å²) in [5.74, 6) is 0.919. The van der Waals surface area contributed by atoms with Crippen molar-refractivity contribution in [3.8, 4) is 0 Å². The van der Waals surface area contributed by atoms with Gasteiger partial charge in [-0.05, 0) is 24.6 Å². The molecular weight excluding hydrogens is 310 g/mol. The number of aromatic nitrogens is 2. The van der Waals surface area contributed by atoms with E-state index in [-0.39, 0.29) is 5.91 Å². The highest BCUT2D eigenvalue weighted by molar-refractivity contribution is 9.10. The Hall–Kier alpha value is -1.69. The van der Waals surface area contributed by atoms with Crippen LogP contribution in [-0.2, 0) is 11.2 Å². The molecule has 2 rings (SSSR count). The van der Waals surface area contributed by atoms with Gasteiger partial charge in [-0.25, -0.2) is 0 Å². The highest BCUT2D eigenvalue weighted by Gasteiger charge is 2.08. The van der Waals surface area contributed by atoms with Gasteiger partial charge in [0.05, 0.1) is 0 Å². The number of hydrogen-bond acceptors (Lipinski definition) is 4. The molecule has 1 aromatic carbocycles. The molecule has 0 saturated carbocycles. The fourth-order valence-corrected chi connectivity index (χ4v) is 1.93. The van der Waals surface area contributed by atoms with Crippen LogP contribution in [0.3, 0.4) is 0 Å². The molecule has 0 bridgehead atoms. The van der Waals surface area contributed by atoms with Gasteiger partial charge >= 0.3 is 0 Å². The molecule has 0 saturated heterocycles. The number of amides is 1. The molecule has 1 aromatic heterocycles. The number of benzene rings is 1. The average molecular weight is 324 g/mol. The van der Waals surface area contributed by atoms with Crippen LogP contribution >= 0.6 is 15.9 Å². The van der Waals surface area contributed by atoms with E-state index in [0.717, 1.165) is 15.7 Å². The van der Waals surface area contributed by atoms with Gasteiger partial charge < -0.3 is 9.73 Å². The Bertz CT molecular complexity index is 595. The van der Waals surface area contributed by atoms with E-state index in [4.69, 9.17) is 4.42 Å². The third kappa shape index (κ3) is 3.89. The standard InChI is InChI=1S/C13H14BrN3O2/c1-8-3-4-10(7-11(8)14)15-12(18)5-6-13-17-16-9(2)19-13/h3-4,7H,5-6H2,1-2H3,(H,15,18). The minimum atomic E-state index is -0.0772. The molecule has 0 aliphatic rings. The molecule has 5 nitrogen and oxygen atoms in total. The predicted octanol–water partition coefficient (Wildman–Crippen LogP) is 3.02. The van der Waals surface area contributed by atoms with Crippen molar-refractivity contribution in [2.75, 3.05) is 5.32 Å². The molecule has 0 unspecified atom stereocenters. The van der Waals surface area contributed by atoms with Crippen molar-refractivity contribution in [1.82, 2.24) is 10.2 Å². The number of hydrogen-bond donors (Lipinski definition) is 1. The normalized spacial score (nSPS) is 10.5. The second-order valence-corrected chi connectivity index (χ2v) is 5.08. The van der Waals surface area contributed by atoms with Crippen molar-refractivity contribution in [2.24, 2.45) is 0 Å². The van der Waals surface area contributed by atoms with Crippen molar-refractivity contribution in [2.45, 2.75) is 26.7 Å². The van der Waals surface area contributed by atoms with E-state index in [0.29, 0.717) is 24.6 Å². The third-order valence-electron chi connectivity index (χ3n) is 2.59. The second-order valence-electron chi connectivity index (χ2n) is 4.23. The van der Waals surface area contributed by atoms with Gasteiger partial charge in [-0.1, -0.05) is 22.0 Å². The van der Waals surface area contributed by atoms with E-state index in [2.05, 4.69) is 31.4 Å². The van der Waals surface area contributed by atoms with Crippen molar-refractivity contribution >= 4 is 27.5 Å². The second kappa shape index (κ2) is 5.97. The minimum Gasteiger partial charge on any atom is -0.426 e. The molecule has 0 atom stereocenters. The SMILES string of the molecule is Cc1nnc(CCC(=O)Nc2ccc(C)c(Br)c2)o1. The molecule has 6 heteroatoms. The molecule has 1 N–H and O–H groups in total. The largest absolute Gasteiger partial charge is 0.426 e. The quantitative estimate of drug-likeness (QED) is 0.939. The predicted molar refractivity (Wildman–Crippen MR) is 74.9 cm³/mol. The first-order valence-corrected chi connectivity index (χ1v) is 6.69. The van der Waals surface area contributed by atoms with Crippen LogP contribution in [-0.4, -0.2) is 16.1 Å². The Morgan fingerprint density at radius 1 is 1.37 bits per heavy atom. The van der Waals surface area contributed by atoms with Crippen LogP contribution in [0.5, 0.6) is 0 Å². The third-order valence-corrected chi connectivity index (χ3v) is 3.44. The molecule has 1 amide bonds. The average Bonchev–Trinajstić information content (AvgIpc) is 2.77. The first-order chi connectivity index (χ1) is 9.04. The lowest BCUT2D eigenvalue weighted by Crippen LogP contribution is -2.12. The van der Waals surface area contributed by atoms with Crippen LogP contribution in [0.25, 0.3) is 0 Å². The highest BCUT2D eigenvalue weighted by Crippen LogP contribution is 2.20. The van der Waals surface area contributed by atoms with E-state index in [1.165, 1.54) is 0 Å². The number of carbonyl (C=O) groups excluding carboxylic acids is 1. The van der Waals surface area contributed by atoms with Crippen molar-refractivity contribution in [3.05, 3.63) is 40.0 Å². The van der Waals surface area contributed by atoms with Crippen LogP contribution in [0.4, 0.5) is 5.69 Å². The molecule has 0 aliphatic heterocycles. The molecule has 100 valence electrons. The summed E-state index contributed by atoms with van der Waals surface area (Å²) in [7, 11) is 0. The lowest BCUT2D eigenvalue weighted by atomic mass is 10.2. The highest BCUT2D eigenvalue weighted by atomic mass is 79.9. The van der Waals surface area contributed by atoms with Crippen molar-refractivity contribution < 1.29 is 9.21 Å². The van der Waals surface area contributed by atoms with Crippen LogP contribution in [0.2, 0.25) is 0 Å². The Kier molecular flexibility index (Phi) is 4.31. The maximum atomic E-state index is 11.8. The van der Waals surface area contributed by atoms with E-state index in [1.807, 2.05) is 25.1 Å². The van der Waals surface area contributed by atoms with Crippen molar-refractivity contribution in [3.63, 3.8) is 0 Å². The van der Waals surface area contributed by atoms with Gasteiger partial charge in [-0.3, -0.25) is 4.79 Å². The summed E-state index contributed by atoms with van der Waals surface area (Å²) < 4.78 is 6.18. The smallest absolute Gasteiger partial charge is 0.224 e. The molecular formula is C13H14BrN3O2. The lowest BCUT2D eigenvalue weighted by molar-refractivity contribution is -0.116. The zero-order chi connectivity index (χ0) is 13.8. The fraction of sp³-hybridized carbons (Fsp3) is 0.308. The Labute approximate surface area is 119 Å². The topological polar surface area (TPSA) is 68.0 Å². The number of anilines is 1.